The van der Waals surface area contributed by atoms with Crippen molar-refractivity contribution in [2.75, 3.05) is 30.5 Å². The van der Waals surface area contributed by atoms with Crippen LogP contribution >= 0.6 is 0 Å². The molecule has 1 amide bonds. The first-order valence-corrected chi connectivity index (χ1v) is 9.73. The smallest absolute Gasteiger partial charge is 0.337 e. The van der Waals surface area contributed by atoms with E-state index in [9.17, 15) is 22.8 Å². The summed E-state index contributed by atoms with van der Waals surface area (Å²) in [6.45, 7) is 0. The zero-order chi connectivity index (χ0) is 20.9. The standard InChI is InChI=1S/C18H18N2O7S/c1-26-17(22)12-8-13(18(23)27-2)10-15(9-12)19-16(21)11-4-6-14(7-5-11)20-28(3,24)25/h4-10,20H,1-3H3,(H,19,21). The van der Waals surface area contributed by atoms with Crippen molar-refractivity contribution >= 4 is 39.2 Å². The summed E-state index contributed by atoms with van der Waals surface area (Å²) >= 11 is 0. The van der Waals surface area contributed by atoms with E-state index in [2.05, 4.69) is 19.5 Å². The van der Waals surface area contributed by atoms with Gasteiger partial charge >= 0.3 is 11.9 Å². The Hall–Kier alpha value is -3.40. The molecule has 0 aromatic heterocycles. The predicted molar refractivity (Wildman–Crippen MR) is 102 cm³/mol. The summed E-state index contributed by atoms with van der Waals surface area (Å²) in [7, 11) is -1.04. The molecule has 0 atom stereocenters. The number of hydrogen-bond donors (Lipinski definition) is 2. The lowest BCUT2D eigenvalue weighted by atomic mass is 10.1. The van der Waals surface area contributed by atoms with Gasteiger partial charge in [0.15, 0.2) is 0 Å². The van der Waals surface area contributed by atoms with Crippen molar-refractivity contribution in [2.45, 2.75) is 0 Å². The van der Waals surface area contributed by atoms with Gasteiger partial charge in [-0.3, -0.25) is 9.52 Å². The van der Waals surface area contributed by atoms with Crippen LogP contribution in [0.1, 0.15) is 31.1 Å². The molecule has 2 N–H and O–H groups in total. The fourth-order valence-corrected chi connectivity index (χ4v) is 2.84. The van der Waals surface area contributed by atoms with E-state index in [4.69, 9.17) is 0 Å². The molecular formula is C18H18N2O7S. The van der Waals surface area contributed by atoms with Crippen LogP contribution in [-0.2, 0) is 19.5 Å². The maximum absolute atomic E-state index is 12.4. The van der Waals surface area contributed by atoms with Gasteiger partial charge in [0.2, 0.25) is 10.0 Å². The molecule has 0 saturated heterocycles. The average molecular weight is 406 g/mol. The van der Waals surface area contributed by atoms with Crippen LogP contribution in [-0.4, -0.2) is 46.7 Å². The molecule has 10 heteroatoms. The van der Waals surface area contributed by atoms with Crippen molar-refractivity contribution in [3.63, 3.8) is 0 Å². The van der Waals surface area contributed by atoms with Gasteiger partial charge < -0.3 is 14.8 Å². The normalized spacial score (nSPS) is 10.7. The molecule has 0 aliphatic carbocycles. The molecule has 0 saturated carbocycles. The van der Waals surface area contributed by atoms with Gasteiger partial charge in [-0.05, 0) is 42.5 Å². The van der Waals surface area contributed by atoms with Crippen molar-refractivity contribution in [1.29, 1.82) is 0 Å². The number of nitrogens with one attached hydrogen (secondary N) is 2. The highest BCUT2D eigenvalue weighted by Crippen LogP contribution is 2.19. The molecule has 2 aromatic rings. The number of sulfonamides is 1. The molecular weight excluding hydrogens is 388 g/mol. The Morgan fingerprint density at radius 2 is 1.29 bits per heavy atom. The number of hydrogen-bond acceptors (Lipinski definition) is 7. The minimum absolute atomic E-state index is 0.0633. The number of esters is 2. The van der Waals surface area contributed by atoms with Crippen molar-refractivity contribution < 1.29 is 32.3 Å². The molecule has 0 spiro atoms. The van der Waals surface area contributed by atoms with Crippen LogP contribution in [0.15, 0.2) is 42.5 Å². The van der Waals surface area contributed by atoms with Crippen molar-refractivity contribution in [2.24, 2.45) is 0 Å². The summed E-state index contributed by atoms with van der Waals surface area (Å²) in [6.07, 6.45) is 1.01. The minimum Gasteiger partial charge on any atom is -0.465 e. The SMILES string of the molecule is COC(=O)c1cc(NC(=O)c2ccc(NS(C)(=O)=O)cc2)cc(C(=O)OC)c1. The molecule has 0 radical (unpaired) electrons. The summed E-state index contributed by atoms with van der Waals surface area (Å²) in [6, 6.07) is 9.72. The van der Waals surface area contributed by atoms with Crippen LogP contribution in [0.4, 0.5) is 11.4 Å². The van der Waals surface area contributed by atoms with Gasteiger partial charge in [-0.1, -0.05) is 0 Å². The molecule has 28 heavy (non-hydrogen) atoms. The molecule has 0 aliphatic rings. The lowest BCUT2D eigenvalue weighted by Gasteiger charge is -2.10. The number of carbonyl (C=O) groups excluding carboxylic acids is 3. The van der Waals surface area contributed by atoms with Gasteiger partial charge in [-0.15, -0.1) is 0 Å². The third-order valence-corrected chi connectivity index (χ3v) is 4.09. The summed E-state index contributed by atoms with van der Waals surface area (Å²) in [4.78, 5) is 36.0. The molecule has 2 rings (SSSR count). The van der Waals surface area contributed by atoms with E-state index >= 15 is 0 Å². The van der Waals surface area contributed by atoms with E-state index in [0.29, 0.717) is 5.69 Å². The monoisotopic (exact) mass is 406 g/mol. The summed E-state index contributed by atoms with van der Waals surface area (Å²) < 4.78 is 34.0. The van der Waals surface area contributed by atoms with Crippen LogP contribution in [0.3, 0.4) is 0 Å². The first kappa shape index (κ1) is 20.9. The van der Waals surface area contributed by atoms with Gasteiger partial charge in [0.25, 0.3) is 5.91 Å². The van der Waals surface area contributed by atoms with Crippen LogP contribution in [0.25, 0.3) is 0 Å². The fraction of sp³-hybridized carbons (Fsp3) is 0.167. The highest BCUT2D eigenvalue weighted by molar-refractivity contribution is 7.92. The number of methoxy groups -OCH3 is 2. The highest BCUT2D eigenvalue weighted by atomic mass is 32.2. The number of carbonyl (C=O) groups is 3. The van der Waals surface area contributed by atoms with Crippen molar-refractivity contribution in [3.8, 4) is 0 Å². The van der Waals surface area contributed by atoms with Crippen molar-refractivity contribution in [3.05, 3.63) is 59.2 Å². The zero-order valence-electron chi connectivity index (χ0n) is 15.3. The predicted octanol–water partition coefficient (Wildman–Crippen LogP) is 1.88. The third-order valence-electron chi connectivity index (χ3n) is 3.48. The zero-order valence-corrected chi connectivity index (χ0v) is 16.1. The summed E-state index contributed by atoms with van der Waals surface area (Å²) in [5.74, 6) is -1.89. The van der Waals surface area contributed by atoms with Gasteiger partial charge in [0, 0.05) is 16.9 Å². The van der Waals surface area contributed by atoms with E-state index in [1.807, 2.05) is 0 Å². The van der Waals surface area contributed by atoms with Crippen LogP contribution in [0, 0.1) is 0 Å². The number of amides is 1. The Labute approximate surface area is 161 Å². The second kappa shape index (κ2) is 8.53. The first-order valence-electron chi connectivity index (χ1n) is 7.84. The Morgan fingerprint density at radius 3 is 1.71 bits per heavy atom. The molecule has 0 fully saturated rings. The van der Waals surface area contributed by atoms with E-state index in [-0.39, 0.29) is 22.4 Å². The van der Waals surface area contributed by atoms with Gasteiger partial charge in [0.1, 0.15) is 0 Å². The number of ether oxygens (including phenoxy) is 2. The van der Waals surface area contributed by atoms with E-state index in [1.165, 1.54) is 56.7 Å². The maximum atomic E-state index is 12.4. The molecule has 0 aliphatic heterocycles. The molecule has 148 valence electrons. The number of rotatable bonds is 6. The minimum atomic E-state index is -3.43. The topological polar surface area (TPSA) is 128 Å². The van der Waals surface area contributed by atoms with E-state index < -0.39 is 27.9 Å². The lowest BCUT2D eigenvalue weighted by Crippen LogP contribution is -2.14. The third kappa shape index (κ3) is 5.55. The van der Waals surface area contributed by atoms with E-state index in [1.54, 1.807) is 0 Å². The lowest BCUT2D eigenvalue weighted by molar-refractivity contribution is 0.0599. The quantitative estimate of drug-likeness (QED) is 0.701. The average Bonchev–Trinajstić information content (AvgIpc) is 2.65. The van der Waals surface area contributed by atoms with Crippen LogP contribution in [0.5, 0.6) is 0 Å². The molecule has 0 heterocycles. The van der Waals surface area contributed by atoms with Crippen LogP contribution < -0.4 is 10.0 Å². The Bertz CT molecular complexity index is 980. The van der Waals surface area contributed by atoms with Gasteiger partial charge in [-0.25, -0.2) is 18.0 Å². The number of benzene rings is 2. The molecule has 2 aromatic carbocycles. The van der Waals surface area contributed by atoms with Gasteiger partial charge in [-0.2, -0.15) is 0 Å². The maximum Gasteiger partial charge on any atom is 0.337 e. The molecule has 0 bridgehead atoms. The summed E-state index contributed by atoms with van der Waals surface area (Å²) in [5, 5.41) is 2.57. The second-order valence-corrected chi connectivity index (χ2v) is 7.44. The molecule has 0 unspecified atom stereocenters. The van der Waals surface area contributed by atoms with Crippen molar-refractivity contribution in [1.82, 2.24) is 0 Å². The molecule has 9 nitrogen and oxygen atoms in total. The highest BCUT2D eigenvalue weighted by Gasteiger charge is 2.15. The van der Waals surface area contributed by atoms with Gasteiger partial charge in [0.05, 0.1) is 31.6 Å². The first-order chi connectivity index (χ1) is 13.1. The summed E-state index contributed by atoms with van der Waals surface area (Å²) in [5.41, 5.74) is 0.857. The van der Waals surface area contributed by atoms with E-state index in [0.717, 1.165) is 6.26 Å². The van der Waals surface area contributed by atoms with Crippen LogP contribution in [0.2, 0.25) is 0 Å². The number of anilines is 2. The Kier molecular flexibility index (Phi) is 6.37. The Balaban J connectivity index is 2.27. The second-order valence-electron chi connectivity index (χ2n) is 5.69. The Morgan fingerprint density at radius 1 is 0.786 bits per heavy atom. The fourth-order valence-electron chi connectivity index (χ4n) is 2.28. The largest absolute Gasteiger partial charge is 0.465 e.